The minimum absolute atomic E-state index is 0.209. The van der Waals surface area contributed by atoms with E-state index in [1.54, 1.807) is 26.2 Å². The molecule has 0 aliphatic rings. The Morgan fingerprint density at radius 1 is 1.30 bits per heavy atom. The molecular weight excluding hydrogens is 256 g/mol. The number of rotatable bonds is 5. The van der Waals surface area contributed by atoms with E-state index < -0.39 is 5.97 Å². The number of para-hydroxylation sites is 1. The van der Waals surface area contributed by atoms with E-state index in [2.05, 4.69) is 10.3 Å². The molecule has 0 aliphatic heterocycles. The van der Waals surface area contributed by atoms with E-state index >= 15 is 0 Å². The van der Waals surface area contributed by atoms with Crippen molar-refractivity contribution in [3.8, 4) is 0 Å². The number of nitrogens with zero attached hydrogens (tertiary/aromatic N) is 1. The molecule has 2 N–H and O–H groups in total. The molecule has 1 aromatic heterocycles. The van der Waals surface area contributed by atoms with Gasteiger partial charge in [-0.25, -0.2) is 9.78 Å². The zero-order chi connectivity index (χ0) is 14.5. The highest BCUT2D eigenvalue weighted by Gasteiger charge is 2.09. The monoisotopic (exact) mass is 272 g/mol. The summed E-state index contributed by atoms with van der Waals surface area (Å²) in [5.74, 6) is -0.364. The van der Waals surface area contributed by atoms with Crippen LogP contribution in [0.15, 0.2) is 36.4 Å². The van der Waals surface area contributed by atoms with Crippen LogP contribution in [-0.2, 0) is 11.3 Å². The summed E-state index contributed by atoms with van der Waals surface area (Å²) < 4.78 is 5.14. The van der Waals surface area contributed by atoms with Crippen molar-refractivity contribution in [3.05, 3.63) is 53.2 Å². The smallest absolute Gasteiger partial charge is 0.337 e. The molecule has 1 aromatic carbocycles. The molecule has 0 saturated carbocycles. The van der Waals surface area contributed by atoms with Gasteiger partial charge in [0.2, 0.25) is 0 Å². The maximum absolute atomic E-state index is 11.0. The molecule has 0 amide bonds. The van der Waals surface area contributed by atoms with Gasteiger partial charge in [-0.2, -0.15) is 0 Å². The van der Waals surface area contributed by atoms with E-state index in [9.17, 15) is 4.79 Å². The number of pyridine rings is 1. The molecule has 20 heavy (non-hydrogen) atoms. The molecule has 0 atom stereocenters. The van der Waals surface area contributed by atoms with Gasteiger partial charge in [-0.05, 0) is 25.1 Å². The molecule has 2 rings (SSSR count). The Balaban J connectivity index is 2.26. The summed E-state index contributed by atoms with van der Waals surface area (Å²) in [5.41, 5.74) is 2.59. The van der Waals surface area contributed by atoms with Gasteiger partial charge >= 0.3 is 5.97 Å². The van der Waals surface area contributed by atoms with Gasteiger partial charge in [0.1, 0.15) is 5.82 Å². The second-order valence-corrected chi connectivity index (χ2v) is 4.35. The fraction of sp³-hybridized carbons (Fsp3) is 0.200. The number of aromatic carboxylic acids is 1. The lowest BCUT2D eigenvalue weighted by molar-refractivity contribution is 0.0695. The Morgan fingerprint density at radius 3 is 2.70 bits per heavy atom. The number of carboxylic acid groups (broad SMARTS) is 1. The molecule has 2 aromatic rings. The molecule has 0 unspecified atom stereocenters. The molecule has 0 aliphatic carbocycles. The molecule has 0 bridgehead atoms. The van der Waals surface area contributed by atoms with E-state index in [1.165, 1.54) is 0 Å². The van der Waals surface area contributed by atoms with Gasteiger partial charge in [0.05, 0.1) is 17.9 Å². The van der Waals surface area contributed by atoms with Crippen molar-refractivity contribution in [1.82, 2.24) is 4.98 Å². The van der Waals surface area contributed by atoms with Crippen LogP contribution < -0.4 is 5.32 Å². The van der Waals surface area contributed by atoms with Crippen LogP contribution in [0.4, 0.5) is 11.5 Å². The normalized spacial score (nSPS) is 10.3. The molecule has 0 fully saturated rings. The molecule has 5 heteroatoms. The molecule has 104 valence electrons. The van der Waals surface area contributed by atoms with Gasteiger partial charge in [-0.15, -0.1) is 0 Å². The summed E-state index contributed by atoms with van der Waals surface area (Å²) in [7, 11) is 1.64. The van der Waals surface area contributed by atoms with E-state index in [0.29, 0.717) is 18.1 Å². The highest BCUT2D eigenvalue weighted by Crippen LogP contribution is 2.21. The highest BCUT2D eigenvalue weighted by molar-refractivity contribution is 5.89. The lowest BCUT2D eigenvalue weighted by atomic mass is 10.2. The van der Waals surface area contributed by atoms with Crippen LogP contribution in [0.5, 0.6) is 0 Å². The summed E-state index contributed by atoms with van der Waals surface area (Å²) in [6.07, 6.45) is 0. The van der Waals surface area contributed by atoms with Crippen LogP contribution >= 0.6 is 0 Å². The molecule has 1 heterocycles. The summed E-state index contributed by atoms with van der Waals surface area (Å²) in [4.78, 5) is 15.2. The molecule has 0 saturated heterocycles. The first-order valence-electron chi connectivity index (χ1n) is 6.16. The first-order valence-corrected chi connectivity index (χ1v) is 6.16. The van der Waals surface area contributed by atoms with Crippen molar-refractivity contribution in [2.75, 3.05) is 12.4 Å². The molecule has 0 spiro atoms. The number of ether oxygens (including phenoxy) is 1. The fourth-order valence-corrected chi connectivity index (χ4v) is 1.92. The van der Waals surface area contributed by atoms with E-state index in [-0.39, 0.29) is 5.56 Å². The molecule has 5 nitrogen and oxygen atoms in total. The Kier molecular flexibility index (Phi) is 4.32. The number of hydrogen-bond acceptors (Lipinski definition) is 4. The number of nitrogens with one attached hydrogen (secondary N) is 1. The highest BCUT2D eigenvalue weighted by atomic mass is 16.5. The average molecular weight is 272 g/mol. The third-order valence-corrected chi connectivity index (χ3v) is 2.90. The number of carboxylic acids is 1. The van der Waals surface area contributed by atoms with Crippen molar-refractivity contribution in [3.63, 3.8) is 0 Å². The van der Waals surface area contributed by atoms with Crippen LogP contribution in [0.25, 0.3) is 0 Å². The van der Waals surface area contributed by atoms with Crippen molar-refractivity contribution in [2.45, 2.75) is 13.5 Å². The van der Waals surface area contributed by atoms with Gasteiger partial charge in [-0.1, -0.05) is 18.2 Å². The summed E-state index contributed by atoms with van der Waals surface area (Å²) in [5, 5.41) is 12.2. The number of anilines is 2. The predicted molar refractivity (Wildman–Crippen MR) is 76.4 cm³/mol. The number of methoxy groups -OCH3 is 1. The van der Waals surface area contributed by atoms with Crippen molar-refractivity contribution in [1.29, 1.82) is 0 Å². The average Bonchev–Trinajstić information content (AvgIpc) is 2.41. The summed E-state index contributed by atoms with van der Waals surface area (Å²) >= 11 is 0. The van der Waals surface area contributed by atoms with Crippen LogP contribution in [0, 0.1) is 6.92 Å². The Morgan fingerprint density at radius 2 is 2.05 bits per heavy atom. The zero-order valence-electron chi connectivity index (χ0n) is 11.4. The summed E-state index contributed by atoms with van der Waals surface area (Å²) in [6.45, 7) is 2.17. The van der Waals surface area contributed by atoms with E-state index in [0.717, 1.165) is 11.3 Å². The Hall–Kier alpha value is -2.40. The standard InChI is InChI=1S/C15H16N2O3/c1-10-12(15(18)19)7-8-14(16-10)17-13-6-4-3-5-11(13)9-20-2/h3-8H,9H2,1-2H3,(H,16,17)(H,18,19). The number of carbonyl (C=O) groups is 1. The molecule has 0 radical (unpaired) electrons. The van der Waals surface area contributed by atoms with Gasteiger partial charge in [0, 0.05) is 18.4 Å². The van der Waals surface area contributed by atoms with Gasteiger partial charge in [0.25, 0.3) is 0 Å². The lowest BCUT2D eigenvalue weighted by Crippen LogP contribution is -2.04. The topological polar surface area (TPSA) is 71.5 Å². The SMILES string of the molecule is COCc1ccccc1Nc1ccc(C(=O)O)c(C)n1. The first kappa shape index (κ1) is 14.0. The first-order chi connectivity index (χ1) is 9.61. The van der Waals surface area contributed by atoms with Crippen LogP contribution in [0.2, 0.25) is 0 Å². The Labute approximate surface area is 117 Å². The number of aromatic nitrogens is 1. The largest absolute Gasteiger partial charge is 0.478 e. The van der Waals surface area contributed by atoms with Crippen molar-refractivity contribution in [2.24, 2.45) is 0 Å². The van der Waals surface area contributed by atoms with E-state index in [4.69, 9.17) is 9.84 Å². The quantitative estimate of drug-likeness (QED) is 0.875. The lowest BCUT2D eigenvalue weighted by Gasteiger charge is -2.11. The number of benzene rings is 1. The predicted octanol–water partition coefficient (Wildman–Crippen LogP) is 2.98. The second-order valence-electron chi connectivity index (χ2n) is 4.35. The molecular formula is C15H16N2O3. The minimum Gasteiger partial charge on any atom is -0.478 e. The van der Waals surface area contributed by atoms with Crippen LogP contribution in [0.1, 0.15) is 21.6 Å². The maximum atomic E-state index is 11.0. The third-order valence-electron chi connectivity index (χ3n) is 2.90. The van der Waals surface area contributed by atoms with E-state index in [1.807, 2.05) is 24.3 Å². The fourth-order valence-electron chi connectivity index (χ4n) is 1.92. The third kappa shape index (κ3) is 3.13. The van der Waals surface area contributed by atoms with Crippen LogP contribution in [-0.4, -0.2) is 23.2 Å². The maximum Gasteiger partial charge on any atom is 0.337 e. The van der Waals surface area contributed by atoms with Crippen molar-refractivity contribution < 1.29 is 14.6 Å². The zero-order valence-corrected chi connectivity index (χ0v) is 11.4. The van der Waals surface area contributed by atoms with Crippen molar-refractivity contribution >= 4 is 17.5 Å². The number of hydrogen-bond donors (Lipinski definition) is 2. The second kappa shape index (κ2) is 6.16. The summed E-state index contributed by atoms with van der Waals surface area (Å²) in [6, 6.07) is 10.9. The minimum atomic E-state index is -0.971. The van der Waals surface area contributed by atoms with Gasteiger partial charge in [0.15, 0.2) is 0 Å². The van der Waals surface area contributed by atoms with Crippen LogP contribution in [0.3, 0.4) is 0 Å². The van der Waals surface area contributed by atoms with Gasteiger partial charge < -0.3 is 15.2 Å². The number of aryl methyl sites for hydroxylation is 1. The van der Waals surface area contributed by atoms with Gasteiger partial charge in [-0.3, -0.25) is 0 Å². The Bertz CT molecular complexity index is 626.